The van der Waals surface area contributed by atoms with Crippen LogP contribution in [0.5, 0.6) is 0 Å². The molecule has 0 saturated heterocycles. The summed E-state index contributed by atoms with van der Waals surface area (Å²) in [6, 6.07) is 0. The number of nitrogens with zero attached hydrogens (tertiary/aromatic N) is 1. The van der Waals surface area contributed by atoms with E-state index in [9.17, 15) is 0 Å². The van der Waals surface area contributed by atoms with E-state index in [1.807, 2.05) is 4.67 Å². The summed E-state index contributed by atoms with van der Waals surface area (Å²) >= 11 is 11.5. The highest BCUT2D eigenvalue weighted by Crippen LogP contribution is 2.67. The van der Waals surface area contributed by atoms with Crippen LogP contribution in [-0.2, 0) is 41.5 Å². The monoisotopic (exact) mass is 433 g/mol. The lowest BCUT2D eigenvalue weighted by molar-refractivity contribution is 0.181. The van der Waals surface area contributed by atoms with Crippen molar-refractivity contribution >= 4 is 37.0 Å². The lowest BCUT2D eigenvalue weighted by atomic mass is 10.4. The first-order chi connectivity index (χ1) is 11.9. The van der Waals surface area contributed by atoms with Gasteiger partial charge in [0.15, 0.2) is 0 Å². The Labute approximate surface area is 165 Å². The largest absolute Gasteiger partial charge is 0.333 e. The molecule has 1 atom stereocenters. The van der Waals surface area contributed by atoms with Gasteiger partial charge in [-0.3, -0.25) is 0 Å². The SMILES string of the molecule is CCCCOP(=S)(OCCCC)OP(=S)(OCCCC)N(CC)CC. The van der Waals surface area contributed by atoms with Gasteiger partial charge in [0.1, 0.15) is 0 Å². The van der Waals surface area contributed by atoms with Gasteiger partial charge in [0.25, 0.3) is 6.64 Å². The standard InChI is InChI=1S/C16H37NO4P2S2/c1-6-11-14-18-22(24,17(9-4)10-5)21-23(25,19-15-12-7-2)20-16-13-8-3/h6-16H2,1-5H3. The zero-order valence-corrected chi connectivity index (χ0v) is 20.0. The molecule has 0 aromatic heterocycles. The highest BCUT2D eigenvalue weighted by atomic mass is 32.5. The molecular formula is C16H37NO4P2S2. The zero-order valence-electron chi connectivity index (χ0n) is 16.6. The van der Waals surface area contributed by atoms with Gasteiger partial charge in [0, 0.05) is 13.1 Å². The average Bonchev–Trinajstić information content (AvgIpc) is 2.56. The molecule has 152 valence electrons. The molecule has 0 amide bonds. The Morgan fingerprint density at radius 1 is 0.680 bits per heavy atom. The normalized spacial score (nSPS) is 14.8. The van der Waals surface area contributed by atoms with Gasteiger partial charge < -0.3 is 13.6 Å². The Morgan fingerprint density at radius 2 is 1.08 bits per heavy atom. The van der Waals surface area contributed by atoms with Gasteiger partial charge in [-0.2, -0.15) is 0 Å². The molecule has 0 heterocycles. The van der Waals surface area contributed by atoms with Crippen LogP contribution in [0.2, 0.25) is 0 Å². The molecule has 0 aliphatic rings. The second-order valence-electron chi connectivity index (χ2n) is 5.70. The minimum atomic E-state index is -2.92. The maximum absolute atomic E-state index is 6.22. The number of hydrogen-bond acceptors (Lipinski definition) is 6. The predicted molar refractivity (Wildman–Crippen MR) is 115 cm³/mol. The number of hydrogen-bond donors (Lipinski definition) is 0. The van der Waals surface area contributed by atoms with E-state index in [4.69, 9.17) is 41.5 Å². The summed E-state index contributed by atoms with van der Waals surface area (Å²) in [4.78, 5) is 0. The minimum Gasteiger partial charge on any atom is -0.318 e. The summed E-state index contributed by atoms with van der Waals surface area (Å²) in [5.41, 5.74) is 0. The van der Waals surface area contributed by atoms with E-state index in [1.165, 1.54) is 0 Å². The van der Waals surface area contributed by atoms with Crippen LogP contribution in [0.25, 0.3) is 0 Å². The third kappa shape index (κ3) is 10.9. The average molecular weight is 434 g/mol. The summed E-state index contributed by atoms with van der Waals surface area (Å²) in [6.07, 6.45) is 5.89. The summed E-state index contributed by atoms with van der Waals surface area (Å²) in [5, 5.41) is 0. The second kappa shape index (κ2) is 15.1. The van der Waals surface area contributed by atoms with Crippen molar-refractivity contribution in [3.63, 3.8) is 0 Å². The molecule has 25 heavy (non-hydrogen) atoms. The summed E-state index contributed by atoms with van der Waals surface area (Å²) in [6.45, 7) is 7.95. The van der Waals surface area contributed by atoms with Crippen molar-refractivity contribution in [2.24, 2.45) is 0 Å². The van der Waals surface area contributed by atoms with Crippen LogP contribution >= 0.6 is 13.4 Å². The molecule has 0 rings (SSSR count). The summed E-state index contributed by atoms with van der Waals surface area (Å²) in [7, 11) is 0. The molecule has 0 aromatic carbocycles. The molecule has 0 aliphatic carbocycles. The molecule has 0 bridgehead atoms. The zero-order chi connectivity index (χ0) is 19.2. The van der Waals surface area contributed by atoms with E-state index in [1.54, 1.807) is 0 Å². The molecule has 0 spiro atoms. The van der Waals surface area contributed by atoms with Gasteiger partial charge in [-0.25, -0.2) is 8.98 Å². The van der Waals surface area contributed by atoms with E-state index in [0.717, 1.165) is 51.6 Å². The lowest BCUT2D eigenvalue weighted by Gasteiger charge is -2.35. The third-order valence-corrected chi connectivity index (χ3v) is 10.8. The second-order valence-corrected chi connectivity index (χ2v) is 12.2. The van der Waals surface area contributed by atoms with Crippen molar-refractivity contribution in [2.45, 2.75) is 73.1 Å². The van der Waals surface area contributed by atoms with Crippen LogP contribution in [0.15, 0.2) is 0 Å². The minimum absolute atomic E-state index is 0.530. The van der Waals surface area contributed by atoms with Crippen LogP contribution in [0.4, 0.5) is 0 Å². The number of unbranched alkanes of at least 4 members (excludes halogenated alkanes) is 3. The van der Waals surface area contributed by atoms with Crippen molar-refractivity contribution in [2.75, 3.05) is 32.9 Å². The molecule has 0 aliphatic heterocycles. The Kier molecular flexibility index (Phi) is 15.7. The van der Waals surface area contributed by atoms with Crippen molar-refractivity contribution in [3.8, 4) is 0 Å². The Bertz CT molecular complexity index is 409. The Balaban J connectivity index is 5.24. The van der Waals surface area contributed by atoms with Crippen molar-refractivity contribution in [3.05, 3.63) is 0 Å². The molecule has 5 nitrogen and oxygen atoms in total. The van der Waals surface area contributed by atoms with Crippen molar-refractivity contribution in [1.29, 1.82) is 0 Å². The highest BCUT2D eigenvalue weighted by molar-refractivity contribution is 8.15. The molecule has 0 aromatic rings. The van der Waals surface area contributed by atoms with Crippen molar-refractivity contribution in [1.82, 2.24) is 4.67 Å². The van der Waals surface area contributed by atoms with Gasteiger partial charge >= 0.3 is 6.72 Å². The van der Waals surface area contributed by atoms with Gasteiger partial charge in [-0.05, 0) is 42.9 Å². The van der Waals surface area contributed by atoms with E-state index < -0.39 is 13.4 Å². The summed E-state index contributed by atoms with van der Waals surface area (Å²) in [5.74, 6) is 0. The molecule has 1 unspecified atom stereocenters. The Hall–Kier alpha value is 1.10. The fourth-order valence-electron chi connectivity index (χ4n) is 1.90. The van der Waals surface area contributed by atoms with E-state index in [-0.39, 0.29) is 0 Å². The fourth-order valence-corrected chi connectivity index (χ4v) is 9.24. The molecule has 0 saturated carbocycles. The molecule has 0 radical (unpaired) electrons. The predicted octanol–water partition coefficient (Wildman–Crippen LogP) is 6.24. The van der Waals surface area contributed by atoms with Gasteiger partial charge in [-0.1, -0.05) is 53.9 Å². The fraction of sp³-hybridized carbons (Fsp3) is 1.00. The Morgan fingerprint density at radius 3 is 1.44 bits per heavy atom. The molecule has 9 heteroatoms. The maximum atomic E-state index is 6.22. The van der Waals surface area contributed by atoms with Crippen LogP contribution < -0.4 is 0 Å². The van der Waals surface area contributed by atoms with E-state index >= 15 is 0 Å². The maximum Gasteiger partial charge on any atom is 0.333 e. The van der Waals surface area contributed by atoms with Crippen LogP contribution in [0.3, 0.4) is 0 Å². The smallest absolute Gasteiger partial charge is 0.318 e. The molecular weight excluding hydrogens is 396 g/mol. The number of rotatable bonds is 17. The third-order valence-electron chi connectivity index (χ3n) is 3.53. The van der Waals surface area contributed by atoms with Crippen LogP contribution in [0.1, 0.15) is 73.1 Å². The topological polar surface area (TPSA) is 40.2 Å². The van der Waals surface area contributed by atoms with Gasteiger partial charge in [-0.15, -0.1) is 0 Å². The highest BCUT2D eigenvalue weighted by Gasteiger charge is 2.35. The van der Waals surface area contributed by atoms with Crippen LogP contribution in [0, 0.1) is 0 Å². The van der Waals surface area contributed by atoms with Gasteiger partial charge in [0.05, 0.1) is 19.8 Å². The van der Waals surface area contributed by atoms with E-state index in [0.29, 0.717) is 19.8 Å². The van der Waals surface area contributed by atoms with Gasteiger partial charge in [0.2, 0.25) is 0 Å². The summed E-state index contributed by atoms with van der Waals surface area (Å²) < 4.78 is 26.1. The first kappa shape index (κ1) is 26.1. The van der Waals surface area contributed by atoms with E-state index in [2.05, 4.69) is 34.6 Å². The first-order valence-electron chi connectivity index (χ1n) is 9.51. The van der Waals surface area contributed by atoms with Crippen LogP contribution in [-0.4, -0.2) is 37.6 Å². The lowest BCUT2D eigenvalue weighted by Crippen LogP contribution is -2.22. The molecule has 0 fully saturated rings. The molecule has 0 N–H and O–H groups in total. The quantitative estimate of drug-likeness (QED) is 0.198. The van der Waals surface area contributed by atoms with Crippen molar-refractivity contribution < 1.29 is 17.9 Å². The first-order valence-corrected chi connectivity index (χ1v) is 14.7.